The van der Waals surface area contributed by atoms with E-state index in [4.69, 9.17) is 0 Å². The van der Waals surface area contributed by atoms with E-state index in [-0.39, 0.29) is 29.7 Å². The summed E-state index contributed by atoms with van der Waals surface area (Å²) in [6.07, 6.45) is 1.95. The SMILES string of the molecule is O=C(CC(c1ccccc1)c1ccccc1)NC1(C(=O)N2CCN(c3ccc(C(F)F)cc3)CC2)CCCCC1. The average molecular weight is 546 g/mol. The van der Waals surface area contributed by atoms with Gasteiger partial charge in [0.05, 0.1) is 0 Å². The lowest BCUT2D eigenvalue weighted by Crippen LogP contribution is -2.63. The molecule has 0 unspecified atom stereocenters. The number of carbonyl (C=O) groups excluding carboxylic acids is 2. The Labute approximate surface area is 235 Å². The number of benzene rings is 3. The molecule has 0 atom stereocenters. The molecule has 1 aliphatic heterocycles. The molecule has 2 aliphatic rings. The van der Waals surface area contributed by atoms with Gasteiger partial charge in [-0.3, -0.25) is 9.59 Å². The van der Waals surface area contributed by atoms with Crippen molar-refractivity contribution in [2.75, 3.05) is 31.1 Å². The third kappa shape index (κ3) is 6.35. The molecule has 1 aliphatic carbocycles. The molecule has 0 bridgehead atoms. The Morgan fingerprint density at radius 1 is 0.725 bits per heavy atom. The van der Waals surface area contributed by atoms with Crippen molar-refractivity contribution >= 4 is 17.5 Å². The first kappa shape index (κ1) is 27.8. The van der Waals surface area contributed by atoms with E-state index in [9.17, 15) is 18.4 Å². The van der Waals surface area contributed by atoms with E-state index in [1.807, 2.05) is 65.6 Å². The Morgan fingerprint density at radius 3 is 1.80 bits per heavy atom. The molecule has 3 aromatic rings. The molecule has 0 aromatic heterocycles. The third-order valence-electron chi connectivity index (χ3n) is 8.37. The lowest BCUT2D eigenvalue weighted by Gasteiger charge is -2.43. The highest BCUT2D eigenvalue weighted by Crippen LogP contribution is 2.33. The number of alkyl halides is 2. The summed E-state index contributed by atoms with van der Waals surface area (Å²) in [5.74, 6) is -0.201. The van der Waals surface area contributed by atoms with Gasteiger partial charge in [-0.15, -0.1) is 0 Å². The zero-order valence-electron chi connectivity index (χ0n) is 22.8. The molecule has 0 spiro atoms. The Kier molecular flexibility index (Phi) is 8.78. The van der Waals surface area contributed by atoms with Crippen molar-refractivity contribution in [3.05, 3.63) is 102 Å². The van der Waals surface area contributed by atoms with Gasteiger partial charge in [-0.05, 0) is 36.1 Å². The van der Waals surface area contributed by atoms with Crippen LogP contribution in [-0.4, -0.2) is 48.4 Å². The first-order chi connectivity index (χ1) is 19.4. The Morgan fingerprint density at radius 2 is 1.27 bits per heavy atom. The molecule has 210 valence electrons. The van der Waals surface area contributed by atoms with Crippen LogP contribution in [0.4, 0.5) is 14.5 Å². The molecule has 40 heavy (non-hydrogen) atoms. The second kappa shape index (κ2) is 12.6. The maximum atomic E-state index is 14.0. The molecular formula is C33H37F2N3O2. The van der Waals surface area contributed by atoms with Crippen LogP contribution < -0.4 is 10.2 Å². The van der Waals surface area contributed by atoms with Crippen molar-refractivity contribution < 1.29 is 18.4 Å². The molecule has 7 heteroatoms. The molecule has 5 rings (SSSR count). The Hall–Kier alpha value is -3.74. The van der Waals surface area contributed by atoms with Crippen LogP contribution >= 0.6 is 0 Å². The van der Waals surface area contributed by atoms with Gasteiger partial charge in [0.2, 0.25) is 11.8 Å². The number of nitrogens with one attached hydrogen (secondary N) is 1. The number of piperazine rings is 1. The summed E-state index contributed by atoms with van der Waals surface area (Å²) in [4.78, 5) is 31.6. The molecule has 2 fully saturated rings. The minimum Gasteiger partial charge on any atom is -0.368 e. The van der Waals surface area contributed by atoms with Gasteiger partial charge >= 0.3 is 0 Å². The number of hydrogen-bond donors (Lipinski definition) is 1. The Balaban J connectivity index is 1.27. The van der Waals surface area contributed by atoms with Gasteiger partial charge in [0, 0.05) is 49.8 Å². The summed E-state index contributed by atoms with van der Waals surface area (Å²) in [6.45, 7) is 2.30. The highest BCUT2D eigenvalue weighted by Gasteiger charge is 2.44. The second-order valence-corrected chi connectivity index (χ2v) is 10.9. The van der Waals surface area contributed by atoms with E-state index >= 15 is 0 Å². The fraction of sp³-hybridized carbons (Fsp3) is 0.394. The van der Waals surface area contributed by atoms with Crippen molar-refractivity contribution in [2.24, 2.45) is 0 Å². The third-order valence-corrected chi connectivity index (χ3v) is 8.37. The highest BCUT2D eigenvalue weighted by atomic mass is 19.3. The van der Waals surface area contributed by atoms with Crippen molar-refractivity contribution in [1.29, 1.82) is 0 Å². The fourth-order valence-corrected chi connectivity index (χ4v) is 6.15. The first-order valence-corrected chi connectivity index (χ1v) is 14.3. The van der Waals surface area contributed by atoms with Crippen LogP contribution in [-0.2, 0) is 9.59 Å². The van der Waals surface area contributed by atoms with Crippen LogP contribution in [0.25, 0.3) is 0 Å². The highest BCUT2D eigenvalue weighted by molar-refractivity contribution is 5.92. The number of carbonyl (C=O) groups is 2. The number of rotatable bonds is 8. The zero-order valence-corrected chi connectivity index (χ0v) is 22.8. The van der Waals surface area contributed by atoms with E-state index in [0.717, 1.165) is 36.1 Å². The van der Waals surface area contributed by atoms with E-state index in [2.05, 4.69) is 10.2 Å². The van der Waals surface area contributed by atoms with Gasteiger partial charge < -0.3 is 15.1 Å². The van der Waals surface area contributed by atoms with Crippen LogP contribution in [0.2, 0.25) is 0 Å². The number of amides is 2. The zero-order chi connectivity index (χ0) is 28.0. The van der Waals surface area contributed by atoms with Gasteiger partial charge in [-0.1, -0.05) is 92.1 Å². The number of anilines is 1. The predicted molar refractivity (Wildman–Crippen MR) is 153 cm³/mol. The molecule has 1 saturated carbocycles. The molecule has 1 N–H and O–H groups in total. The number of hydrogen-bond acceptors (Lipinski definition) is 3. The Bertz CT molecular complexity index is 1210. The lowest BCUT2D eigenvalue weighted by molar-refractivity contribution is -0.143. The lowest BCUT2D eigenvalue weighted by atomic mass is 9.79. The molecule has 2 amide bonds. The van der Waals surface area contributed by atoms with Crippen molar-refractivity contribution in [1.82, 2.24) is 10.2 Å². The van der Waals surface area contributed by atoms with E-state index in [0.29, 0.717) is 39.0 Å². The van der Waals surface area contributed by atoms with E-state index in [1.165, 1.54) is 12.1 Å². The molecule has 0 radical (unpaired) electrons. The van der Waals surface area contributed by atoms with Crippen molar-refractivity contribution in [3.8, 4) is 0 Å². The standard InChI is InChI=1S/C33H37F2N3O2/c34-31(35)27-14-16-28(17-15-27)37-20-22-38(23-21-37)32(40)33(18-8-3-9-19-33)36-30(39)24-29(25-10-4-1-5-11-25)26-12-6-2-7-13-26/h1-2,4-7,10-17,29,31H,3,8-9,18-24H2,(H,36,39). The summed E-state index contributed by atoms with van der Waals surface area (Å²) >= 11 is 0. The van der Waals surface area contributed by atoms with E-state index < -0.39 is 12.0 Å². The van der Waals surface area contributed by atoms with Crippen LogP contribution in [0.1, 0.15) is 67.6 Å². The molecule has 3 aromatic carbocycles. The summed E-state index contributed by atoms with van der Waals surface area (Å²) < 4.78 is 25.9. The minimum atomic E-state index is -2.49. The van der Waals surface area contributed by atoms with Gasteiger partial charge in [-0.25, -0.2) is 8.78 Å². The van der Waals surface area contributed by atoms with Gasteiger partial charge in [0.1, 0.15) is 5.54 Å². The van der Waals surface area contributed by atoms with Crippen LogP contribution in [0, 0.1) is 0 Å². The predicted octanol–water partition coefficient (Wildman–Crippen LogP) is 6.31. The maximum Gasteiger partial charge on any atom is 0.263 e. The summed E-state index contributed by atoms with van der Waals surface area (Å²) in [6, 6.07) is 26.5. The van der Waals surface area contributed by atoms with Crippen LogP contribution in [0.3, 0.4) is 0 Å². The monoisotopic (exact) mass is 545 g/mol. The quantitative estimate of drug-likeness (QED) is 0.361. The van der Waals surface area contributed by atoms with Crippen LogP contribution in [0.5, 0.6) is 0 Å². The normalized spacial score (nSPS) is 17.2. The summed E-state index contributed by atoms with van der Waals surface area (Å²) in [5.41, 5.74) is 2.16. The second-order valence-electron chi connectivity index (χ2n) is 10.9. The van der Waals surface area contributed by atoms with Gasteiger partial charge in [0.15, 0.2) is 0 Å². The average Bonchev–Trinajstić information content (AvgIpc) is 3.01. The maximum absolute atomic E-state index is 14.0. The van der Waals surface area contributed by atoms with Crippen molar-refractivity contribution in [3.63, 3.8) is 0 Å². The van der Waals surface area contributed by atoms with Crippen LogP contribution in [0.15, 0.2) is 84.9 Å². The number of nitrogens with zero attached hydrogens (tertiary/aromatic N) is 2. The fourth-order valence-electron chi connectivity index (χ4n) is 6.15. The molecule has 1 saturated heterocycles. The summed E-state index contributed by atoms with van der Waals surface area (Å²) in [5, 5.41) is 3.24. The molecule has 5 nitrogen and oxygen atoms in total. The van der Waals surface area contributed by atoms with E-state index in [1.54, 1.807) is 12.1 Å². The first-order valence-electron chi connectivity index (χ1n) is 14.3. The van der Waals surface area contributed by atoms with Crippen molar-refractivity contribution in [2.45, 2.75) is 56.4 Å². The smallest absolute Gasteiger partial charge is 0.263 e. The topological polar surface area (TPSA) is 52.7 Å². The molecule has 1 heterocycles. The minimum absolute atomic E-state index is 0.00391. The molecular weight excluding hydrogens is 508 g/mol. The van der Waals surface area contributed by atoms with Gasteiger partial charge in [-0.2, -0.15) is 0 Å². The summed E-state index contributed by atoms with van der Waals surface area (Å²) in [7, 11) is 0. The van der Waals surface area contributed by atoms with Gasteiger partial charge in [0.25, 0.3) is 6.43 Å². The largest absolute Gasteiger partial charge is 0.368 e. The number of halogens is 2.